The zero-order valence-corrected chi connectivity index (χ0v) is 13.1. The summed E-state index contributed by atoms with van der Waals surface area (Å²) in [6.45, 7) is 2.81. The van der Waals surface area contributed by atoms with Crippen LogP contribution in [0.5, 0.6) is 5.75 Å². The summed E-state index contributed by atoms with van der Waals surface area (Å²) in [5.41, 5.74) is 2.17. The molecule has 0 saturated carbocycles. The van der Waals surface area contributed by atoms with Gasteiger partial charge in [0, 0.05) is 5.56 Å². The number of hydrogen-bond donors (Lipinski definition) is 2. The van der Waals surface area contributed by atoms with Gasteiger partial charge in [-0.2, -0.15) is 0 Å². The second kappa shape index (κ2) is 8.15. The first-order valence-electron chi connectivity index (χ1n) is 7.86. The van der Waals surface area contributed by atoms with Crippen LogP contribution in [0.1, 0.15) is 36.3 Å². The molecule has 1 aliphatic rings. The smallest absolute Gasteiger partial charge is 0.305 e. The zero-order valence-electron chi connectivity index (χ0n) is 13.1. The number of carboxylic acids is 1. The highest BCUT2D eigenvalue weighted by atomic mass is 16.5. The number of carboxylic acid groups (broad SMARTS) is 1. The van der Waals surface area contributed by atoms with Gasteiger partial charge in [0.1, 0.15) is 5.75 Å². The van der Waals surface area contributed by atoms with Gasteiger partial charge in [-0.25, -0.2) is 0 Å². The summed E-state index contributed by atoms with van der Waals surface area (Å²) >= 11 is 0. The highest BCUT2D eigenvalue weighted by molar-refractivity contribution is 5.66. The second-order valence-corrected chi connectivity index (χ2v) is 5.93. The van der Waals surface area contributed by atoms with Crippen LogP contribution in [0.15, 0.2) is 18.2 Å². The molecule has 0 unspecified atom stereocenters. The van der Waals surface area contributed by atoms with Crippen molar-refractivity contribution in [1.82, 2.24) is 4.90 Å². The van der Waals surface area contributed by atoms with E-state index in [0.717, 1.165) is 37.1 Å². The number of ether oxygens (including phenoxy) is 1. The predicted molar refractivity (Wildman–Crippen MR) is 84.4 cm³/mol. The largest absolute Gasteiger partial charge is 0.508 e. The van der Waals surface area contributed by atoms with E-state index in [1.54, 1.807) is 6.07 Å². The summed E-state index contributed by atoms with van der Waals surface area (Å²) in [7, 11) is 2.12. The van der Waals surface area contributed by atoms with Gasteiger partial charge >= 0.3 is 5.97 Å². The van der Waals surface area contributed by atoms with Crippen molar-refractivity contribution in [2.45, 2.75) is 31.6 Å². The van der Waals surface area contributed by atoms with E-state index in [-0.39, 0.29) is 13.0 Å². The first-order chi connectivity index (χ1) is 10.6. The Morgan fingerprint density at radius 1 is 1.32 bits per heavy atom. The number of rotatable bonds is 7. The van der Waals surface area contributed by atoms with Crippen molar-refractivity contribution in [3.8, 4) is 5.75 Å². The number of aromatic hydroxyl groups is 1. The number of phenolic OH excluding ortho intramolecular Hbond substituents is 1. The predicted octanol–water partition coefficient (Wildman–Crippen LogP) is 2.24. The Kier molecular flexibility index (Phi) is 6.21. The van der Waals surface area contributed by atoms with Crippen molar-refractivity contribution in [3.05, 3.63) is 29.3 Å². The number of nitrogens with zero attached hydrogens (tertiary/aromatic N) is 1. The van der Waals surface area contributed by atoms with Crippen LogP contribution in [-0.4, -0.2) is 54.4 Å². The van der Waals surface area contributed by atoms with E-state index in [2.05, 4.69) is 11.9 Å². The summed E-state index contributed by atoms with van der Waals surface area (Å²) < 4.78 is 5.38. The number of likely N-dealkylation sites (tertiary alicyclic amines) is 1. The average molecular weight is 307 g/mol. The van der Waals surface area contributed by atoms with E-state index < -0.39 is 5.97 Å². The lowest BCUT2D eigenvalue weighted by Crippen LogP contribution is -2.29. The highest BCUT2D eigenvalue weighted by Gasteiger charge is 2.23. The molecule has 1 heterocycles. The van der Waals surface area contributed by atoms with E-state index in [1.165, 1.54) is 0 Å². The minimum absolute atomic E-state index is 0.0296. The van der Waals surface area contributed by atoms with Crippen molar-refractivity contribution < 1.29 is 19.7 Å². The van der Waals surface area contributed by atoms with Crippen LogP contribution >= 0.6 is 0 Å². The van der Waals surface area contributed by atoms with E-state index in [9.17, 15) is 9.90 Å². The first-order valence-corrected chi connectivity index (χ1v) is 7.86. The fraction of sp³-hybridized carbons (Fsp3) is 0.588. The zero-order chi connectivity index (χ0) is 15.9. The van der Waals surface area contributed by atoms with Crippen LogP contribution in [0.4, 0.5) is 0 Å². The van der Waals surface area contributed by atoms with Crippen LogP contribution in [0.25, 0.3) is 0 Å². The van der Waals surface area contributed by atoms with Crippen molar-refractivity contribution in [1.29, 1.82) is 0 Å². The molecular formula is C17H25NO4. The normalized spacial score (nSPS) is 16.8. The molecule has 0 amide bonds. The fourth-order valence-corrected chi connectivity index (χ4v) is 3.03. The average Bonchev–Trinajstić information content (AvgIpc) is 2.48. The minimum Gasteiger partial charge on any atom is -0.508 e. The number of phenols is 1. The lowest BCUT2D eigenvalue weighted by atomic mass is 9.85. The number of aliphatic carboxylic acids is 1. The maximum atomic E-state index is 10.4. The molecular weight excluding hydrogens is 282 g/mol. The third-order valence-corrected chi connectivity index (χ3v) is 4.28. The highest BCUT2D eigenvalue weighted by Crippen LogP contribution is 2.36. The summed E-state index contributed by atoms with van der Waals surface area (Å²) in [5, 5.41) is 18.8. The van der Waals surface area contributed by atoms with Gasteiger partial charge in [-0.05, 0) is 56.9 Å². The summed E-state index contributed by atoms with van der Waals surface area (Å²) in [5.74, 6) is -0.0756. The molecule has 0 radical (unpaired) electrons. The third kappa shape index (κ3) is 4.71. The Morgan fingerprint density at radius 2 is 2.05 bits per heavy atom. The quantitative estimate of drug-likeness (QED) is 0.756. The molecule has 0 atom stereocenters. The lowest BCUT2D eigenvalue weighted by molar-refractivity contribution is -0.138. The summed E-state index contributed by atoms with van der Waals surface area (Å²) in [4.78, 5) is 12.8. The van der Waals surface area contributed by atoms with Gasteiger partial charge < -0.3 is 19.8 Å². The SMILES string of the molecule is CN1CCC(c2c(O)cccc2CCOCCC(=O)O)CC1. The van der Waals surface area contributed by atoms with Crippen molar-refractivity contribution in [3.63, 3.8) is 0 Å². The Bertz CT molecular complexity index is 495. The molecule has 0 bridgehead atoms. The third-order valence-electron chi connectivity index (χ3n) is 4.28. The Labute approximate surface area is 131 Å². The first kappa shape index (κ1) is 16.8. The van der Waals surface area contributed by atoms with E-state index >= 15 is 0 Å². The maximum Gasteiger partial charge on any atom is 0.305 e. The van der Waals surface area contributed by atoms with E-state index in [4.69, 9.17) is 9.84 Å². The van der Waals surface area contributed by atoms with Crippen molar-refractivity contribution in [2.75, 3.05) is 33.4 Å². The monoisotopic (exact) mass is 307 g/mol. The molecule has 122 valence electrons. The van der Waals surface area contributed by atoms with Crippen molar-refractivity contribution >= 4 is 5.97 Å². The van der Waals surface area contributed by atoms with Gasteiger partial charge in [0.05, 0.1) is 19.6 Å². The van der Waals surface area contributed by atoms with Crippen LogP contribution in [0, 0.1) is 0 Å². The van der Waals surface area contributed by atoms with Gasteiger partial charge in [0.2, 0.25) is 0 Å². The van der Waals surface area contributed by atoms with Crippen molar-refractivity contribution in [2.24, 2.45) is 0 Å². The van der Waals surface area contributed by atoms with Gasteiger partial charge in [0.25, 0.3) is 0 Å². The maximum absolute atomic E-state index is 10.4. The van der Waals surface area contributed by atoms with Gasteiger partial charge in [-0.1, -0.05) is 12.1 Å². The minimum atomic E-state index is -0.843. The second-order valence-electron chi connectivity index (χ2n) is 5.93. The summed E-state index contributed by atoms with van der Waals surface area (Å²) in [6, 6.07) is 5.65. The Balaban J connectivity index is 1.96. The Hall–Kier alpha value is -1.59. The van der Waals surface area contributed by atoms with Crippen LogP contribution in [0.3, 0.4) is 0 Å². The number of hydrogen-bond acceptors (Lipinski definition) is 4. The number of piperidine rings is 1. The van der Waals surface area contributed by atoms with Crippen LogP contribution in [0.2, 0.25) is 0 Å². The molecule has 1 aromatic carbocycles. The standard InChI is InChI=1S/C17H25NO4/c1-18-9-5-14(6-10-18)17-13(3-2-4-15(17)19)7-11-22-12-8-16(20)21/h2-4,14,19H,5-12H2,1H3,(H,20,21). The molecule has 2 N–H and O–H groups in total. The molecule has 5 nitrogen and oxygen atoms in total. The van der Waals surface area contributed by atoms with Gasteiger partial charge in [-0.3, -0.25) is 4.79 Å². The van der Waals surface area contributed by atoms with E-state index in [1.807, 2.05) is 12.1 Å². The number of benzene rings is 1. The lowest BCUT2D eigenvalue weighted by Gasteiger charge is -2.30. The molecule has 1 saturated heterocycles. The Morgan fingerprint density at radius 3 is 2.73 bits per heavy atom. The molecule has 0 spiro atoms. The summed E-state index contributed by atoms with van der Waals surface area (Å²) in [6.07, 6.45) is 2.85. The number of carbonyl (C=O) groups is 1. The van der Waals surface area contributed by atoms with Crippen LogP contribution < -0.4 is 0 Å². The van der Waals surface area contributed by atoms with Crippen LogP contribution in [-0.2, 0) is 16.0 Å². The molecule has 1 aliphatic heterocycles. The van der Waals surface area contributed by atoms with Gasteiger partial charge in [0.15, 0.2) is 0 Å². The molecule has 0 aromatic heterocycles. The molecule has 2 rings (SSSR count). The fourth-order valence-electron chi connectivity index (χ4n) is 3.03. The molecule has 1 aromatic rings. The topological polar surface area (TPSA) is 70.0 Å². The molecule has 1 fully saturated rings. The van der Waals surface area contributed by atoms with E-state index in [0.29, 0.717) is 24.7 Å². The molecule has 0 aliphatic carbocycles. The molecule has 5 heteroatoms. The van der Waals surface area contributed by atoms with Gasteiger partial charge in [-0.15, -0.1) is 0 Å². The molecule has 22 heavy (non-hydrogen) atoms.